The average molecular weight is 296 g/mol. The van der Waals surface area contributed by atoms with Crippen molar-refractivity contribution in [2.45, 2.75) is 33.4 Å². The van der Waals surface area contributed by atoms with Gasteiger partial charge in [0, 0.05) is 25.8 Å². The Kier molecular flexibility index (Phi) is 4.57. The van der Waals surface area contributed by atoms with Gasteiger partial charge >= 0.3 is 0 Å². The molecule has 6 nitrogen and oxygen atoms in total. The zero-order valence-corrected chi connectivity index (χ0v) is 12.4. The van der Waals surface area contributed by atoms with Crippen molar-refractivity contribution in [3.05, 3.63) is 34.6 Å². The number of ketones is 1. The van der Waals surface area contributed by atoms with Gasteiger partial charge in [0.05, 0.1) is 29.2 Å². The second-order valence-corrected chi connectivity index (χ2v) is 4.93. The molecule has 0 unspecified atom stereocenters. The number of carbonyl (C=O) groups is 1. The van der Waals surface area contributed by atoms with Crippen LogP contribution in [0.5, 0.6) is 0 Å². The average Bonchev–Trinajstić information content (AvgIpc) is 2.99. The van der Waals surface area contributed by atoms with Crippen LogP contribution in [0.1, 0.15) is 28.8 Å². The molecule has 108 valence electrons. The van der Waals surface area contributed by atoms with Crippen LogP contribution in [0.3, 0.4) is 0 Å². The predicted molar refractivity (Wildman–Crippen MR) is 77.0 cm³/mol. The minimum Gasteiger partial charge on any atom is -0.335 e. The summed E-state index contributed by atoms with van der Waals surface area (Å²) in [5, 5.41) is 4.86. The third-order valence-corrected chi connectivity index (χ3v) is 3.58. The first kappa shape index (κ1) is 14.7. The van der Waals surface area contributed by atoms with Gasteiger partial charge in [-0.15, -0.1) is 0 Å². The molecule has 0 saturated carbocycles. The Morgan fingerprint density at radius 2 is 2.25 bits per heavy atom. The van der Waals surface area contributed by atoms with Crippen LogP contribution in [-0.2, 0) is 19.5 Å². The molecule has 0 atom stereocenters. The molecule has 2 rings (SSSR count). The third-order valence-electron chi connectivity index (χ3n) is 3.09. The molecule has 0 saturated heterocycles. The number of hydrogen-bond acceptors (Lipinski definition) is 4. The number of hydrogen-bond donors (Lipinski definition) is 1. The second-order valence-electron chi connectivity index (χ2n) is 4.55. The number of halogens is 1. The number of carbonyl (C=O) groups excluding carboxylic acids is 1. The van der Waals surface area contributed by atoms with Crippen LogP contribution in [0.15, 0.2) is 12.5 Å². The number of aromatic nitrogens is 4. The van der Waals surface area contributed by atoms with E-state index in [2.05, 4.69) is 10.1 Å². The van der Waals surface area contributed by atoms with Gasteiger partial charge in [-0.25, -0.2) is 4.98 Å². The Balaban J connectivity index is 2.18. The van der Waals surface area contributed by atoms with Gasteiger partial charge in [0.2, 0.25) is 0 Å². The third kappa shape index (κ3) is 2.91. The highest BCUT2D eigenvalue weighted by atomic mass is 35.5. The van der Waals surface area contributed by atoms with E-state index >= 15 is 0 Å². The van der Waals surface area contributed by atoms with Crippen LogP contribution < -0.4 is 5.73 Å². The van der Waals surface area contributed by atoms with Crippen LogP contribution in [0.25, 0.3) is 0 Å². The molecule has 0 aromatic carbocycles. The van der Waals surface area contributed by atoms with Crippen molar-refractivity contribution < 1.29 is 4.79 Å². The standard InChI is InChI=1S/C13H18ClN5O/c1-3-19-11(13(14)9(2)17-19)6-12(20)10-7-18(5-4-15)8-16-10/h7-8H,3-6,15H2,1-2H3. The summed E-state index contributed by atoms with van der Waals surface area (Å²) < 4.78 is 3.56. The number of nitrogens with zero attached hydrogens (tertiary/aromatic N) is 4. The van der Waals surface area contributed by atoms with Gasteiger partial charge in [0.25, 0.3) is 0 Å². The lowest BCUT2D eigenvalue weighted by Gasteiger charge is -2.03. The number of aryl methyl sites for hydroxylation is 2. The van der Waals surface area contributed by atoms with Crippen LogP contribution in [0, 0.1) is 6.92 Å². The van der Waals surface area contributed by atoms with E-state index < -0.39 is 0 Å². The van der Waals surface area contributed by atoms with E-state index in [0.717, 1.165) is 11.4 Å². The molecule has 0 aliphatic carbocycles. The van der Waals surface area contributed by atoms with E-state index in [1.165, 1.54) is 0 Å². The van der Waals surface area contributed by atoms with E-state index in [1.54, 1.807) is 21.8 Å². The molecule has 0 fully saturated rings. The SMILES string of the molecule is CCn1nc(C)c(Cl)c1CC(=O)c1cn(CCN)cn1. The Morgan fingerprint density at radius 1 is 1.50 bits per heavy atom. The molecular weight excluding hydrogens is 278 g/mol. The fourth-order valence-corrected chi connectivity index (χ4v) is 2.26. The Bertz CT molecular complexity index is 616. The van der Waals surface area contributed by atoms with Gasteiger partial charge in [-0.3, -0.25) is 9.48 Å². The number of nitrogens with two attached hydrogens (primary N) is 1. The first-order valence-corrected chi connectivity index (χ1v) is 6.91. The molecule has 2 aromatic heterocycles. The van der Waals surface area contributed by atoms with Gasteiger partial charge in [0.15, 0.2) is 5.78 Å². The van der Waals surface area contributed by atoms with Crippen molar-refractivity contribution in [3.63, 3.8) is 0 Å². The van der Waals surface area contributed by atoms with E-state index in [9.17, 15) is 4.79 Å². The summed E-state index contributed by atoms with van der Waals surface area (Å²) in [7, 11) is 0. The number of rotatable bonds is 6. The molecule has 0 bridgehead atoms. The van der Waals surface area contributed by atoms with Crippen molar-refractivity contribution in [1.82, 2.24) is 19.3 Å². The lowest BCUT2D eigenvalue weighted by atomic mass is 10.1. The summed E-state index contributed by atoms with van der Waals surface area (Å²) >= 11 is 6.20. The molecule has 7 heteroatoms. The molecule has 2 N–H and O–H groups in total. The van der Waals surface area contributed by atoms with Crippen molar-refractivity contribution >= 4 is 17.4 Å². The van der Waals surface area contributed by atoms with Crippen molar-refractivity contribution in [2.24, 2.45) is 5.73 Å². The van der Waals surface area contributed by atoms with E-state index in [1.807, 2.05) is 13.8 Å². The lowest BCUT2D eigenvalue weighted by molar-refractivity contribution is 0.0986. The first-order chi connectivity index (χ1) is 9.56. The highest BCUT2D eigenvalue weighted by Gasteiger charge is 2.18. The second kappa shape index (κ2) is 6.19. The predicted octanol–water partition coefficient (Wildman–Crippen LogP) is 1.45. The van der Waals surface area contributed by atoms with E-state index in [-0.39, 0.29) is 12.2 Å². The number of Topliss-reactive ketones (excluding diaryl/α,β-unsaturated/α-hetero) is 1. The molecule has 0 aliphatic rings. The van der Waals surface area contributed by atoms with Crippen molar-refractivity contribution in [3.8, 4) is 0 Å². The van der Waals surface area contributed by atoms with E-state index in [4.69, 9.17) is 17.3 Å². The zero-order chi connectivity index (χ0) is 14.7. The normalized spacial score (nSPS) is 11.0. The minimum absolute atomic E-state index is 0.0720. The summed E-state index contributed by atoms with van der Waals surface area (Å²) in [4.78, 5) is 16.4. The summed E-state index contributed by atoms with van der Waals surface area (Å²) in [6, 6.07) is 0. The molecular formula is C13H18ClN5O. The fraction of sp³-hybridized carbons (Fsp3) is 0.462. The lowest BCUT2D eigenvalue weighted by Crippen LogP contribution is -2.11. The first-order valence-electron chi connectivity index (χ1n) is 6.53. The van der Waals surface area contributed by atoms with Crippen LogP contribution in [-0.4, -0.2) is 31.7 Å². The molecule has 0 radical (unpaired) electrons. The van der Waals surface area contributed by atoms with E-state index in [0.29, 0.717) is 30.4 Å². The summed E-state index contributed by atoms with van der Waals surface area (Å²) in [6.07, 6.45) is 3.53. The van der Waals surface area contributed by atoms with Gasteiger partial charge < -0.3 is 10.3 Å². The minimum atomic E-state index is -0.0720. The Morgan fingerprint density at radius 3 is 2.90 bits per heavy atom. The Labute approximate surface area is 122 Å². The molecule has 0 aliphatic heterocycles. The van der Waals surface area contributed by atoms with Gasteiger partial charge in [-0.2, -0.15) is 5.10 Å². The summed E-state index contributed by atoms with van der Waals surface area (Å²) in [5.41, 5.74) is 7.38. The maximum absolute atomic E-state index is 12.3. The van der Waals surface area contributed by atoms with Crippen LogP contribution >= 0.6 is 11.6 Å². The Hall–Kier alpha value is -1.66. The van der Waals surface area contributed by atoms with Gasteiger partial charge in [-0.05, 0) is 13.8 Å². The number of imidazole rings is 1. The molecule has 20 heavy (non-hydrogen) atoms. The van der Waals surface area contributed by atoms with Crippen molar-refractivity contribution in [2.75, 3.05) is 6.54 Å². The van der Waals surface area contributed by atoms with Crippen molar-refractivity contribution in [1.29, 1.82) is 0 Å². The maximum atomic E-state index is 12.3. The molecule has 0 amide bonds. The molecule has 0 spiro atoms. The maximum Gasteiger partial charge on any atom is 0.188 e. The molecule has 2 aromatic rings. The highest BCUT2D eigenvalue weighted by molar-refractivity contribution is 6.32. The van der Waals surface area contributed by atoms with Crippen LogP contribution in [0.4, 0.5) is 0 Å². The van der Waals surface area contributed by atoms with Gasteiger partial charge in [0.1, 0.15) is 5.69 Å². The smallest absolute Gasteiger partial charge is 0.188 e. The summed E-state index contributed by atoms with van der Waals surface area (Å²) in [6.45, 7) is 5.63. The largest absolute Gasteiger partial charge is 0.335 e. The van der Waals surface area contributed by atoms with Gasteiger partial charge in [-0.1, -0.05) is 11.6 Å². The topological polar surface area (TPSA) is 78.7 Å². The quantitative estimate of drug-likeness (QED) is 0.818. The fourth-order valence-electron chi connectivity index (χ4n) is 2.06. The molecule has 2 heterocycles. The summed E-state index contributed by atoms with van der Waals surface area (Å²) in [5.74, 6) is -0.0720. The van der Waals surface area contributed by atoms with Crippen LogP contribution in [0.2, 0.25) is 5.02 Å². The zero-order valence-electron chi connectivity index (χ0n) is 11.6. The highest BCUT2D eigenvalue weighted by Crippen LogP contribution is 2.21. The monoisotopic (exact) mass is 295 g/mol.